The van der Waals surface area contributed by atoms with Gasteiger partial charge in [0, 0.05) is 4.75 Å². The summed E-state index contributed by atoms with van der Waals surface area (Å²) in [6, 6.07) is 0. The fourth-order valence-corrected chi connectivity index (χ4v) is 8.85. The first-order chi connectivity index (χ1) is 13.5. The van der Waals surface area contributed by atoms with E-state index in [-0.39, 0.29) is 4.75 Å². The van der Waals surface area contributed by atoms with E-state index in [0.717, 1.165) is 23.7 Å². The summed E-state index contributed by atoms with van der Waals surface area (Å²) in [5.74, 6) is 3.83. The Bertz CT molecular complexity index is 641. The van der Waals surface area contributed by atoms with Gasteiger partial charge in [-0.1, -0.05) is 66.0 Å². The van der Waals surface area contributed by atoms with Crippen LogP contribution >= 0.6 is 12.6 Å². The van der Waals surface area contributed by atoms with Crippen LogP contribution in [0.15, 0.2) is 11.6 Å². The third-order valence-electron chi connectivity index (χ3n) is 10.9. The number of hydrogen-bond acceptors (Lipinski definition) is 1. The van der Waals surface area contributed by atoms with Crippen LogP contribution in [0.5, 0.6) is 0 Å². The Morgan fingerprint density at radius 1 is 1.00 bits per heavy atom. The number of rotatable bonds is 5. The predicted octanol–water partition coefficient (Wildman–Crippen LogP) is 8.86. The number of unbranched alkanes of at least 4 members (excludes halogenated alkanes) is 1. The molecule has 1 heteroatoms. The van der Waals surface area contributed by atoms with Crippen molar-refractivity contribution in [3.8, 4) is 0 Å². The molecule has 166 valence electrons. The first kappa shape index (κ1) is 22.3. The summed E-state index contributed by atoms with van der Waals surface area (Å²) < 4.78 is 0.195. The van der Waals surface area contributed by atoms with E-state index in [1.165, 1.54) is 77.0 Å². The largest absolute Gasteiger partial charge is 0.173 e. The molecule has 4 rings (SSSR count). The van der Waals surface area contributed by atoms with Crippen molar-refractivity contribution in [2.24, 2.45) is 39.9 Å². The van der Waals surface area contributed by atoms with Gasteiger partial charge in [0.15, 0.2) is 0 Å². The van der Waals surface area contributed by atoms with Gasteiger partial charge in [-0.25, -0.2) is 0 Å². The lowest BCUT2D eigenvalue weighted by Crippen LogP contribution is -2.51. The number of thiol groups is 1. The number of fused-ring (bicyclic) bond motifs is 5. The summed E-state index contributed by atoms with van der Waals surface area (Å²) in [5.41, 5.74) is 3.54. The van der Waals surface area contributed by atoms with Crippen molar-refractivity contribution in [1.29, 1.82) is 0 Å². The number of allylic oxidation sites excluding steroid dienone is 2. The average Bonchev–Trinajstić information content (AvgIpc) is 2.90. The van der Waals surface area contributed by atoms with Crippen LogP contribution in [0.3, 0.4) is 0 Å². The van der Waals surface area contributed by atoms with Gasteiger partial charge < -0.3 is 0 Å². The first-order valence-electron chi connectivity index (χ1n) is 12.9. The lowest BCUT2D eigenvalue weighted by atomic mass is 9.45. The first-order valence-corrected chi connectivity index (χ1v) is 13.4. The molecule has 0 aromatic carbocycles. The standard InChI is InChI=1S/C28H48S/c1-20-11-17-27(5)21(19-20)9-10-22-23(27)13-18-28(6)24(22)12-16-26(28,4)15-8-7-14-25(2,3)29/h9,20,22-24,29H,7-8,10-19H2,1-6H3/t20?,22?,23-,24-,26-,27?,28?/m0/s1. The van der Waals surface area contributed by atoms with Gasteiger partial charge in [0.1, 0.15) is 0 Å². The van der Waals surface area contributed by atoms with E-state index in [4.69, 9.17) is 12.6 Å². The van der Waals surface area contributed by atoms with Crippen LogP contribution in [0.4, 0.5) is 0 Å². The molecule has 0 amide bonds. The summed E-state index contributed by atoms with van der Waals surface area (Å²) in [5, 5.41) is 0. The smallest absolute Gasteiger partial charge is 0.00731 e. The van der Waals surface area contributed by atoms with Gasteiger partial charge in [-0.05, 0) is 104 Å². The van der Waals surface area contributed by atoms with Crippen LogP contribution < -0.4 is 0 Å². The van der Waals surface area contributed by atoms with E-state index in [1.807, 2.05) is 5.57 Å². The molecule has 29 heavy (non-hydrogen) atoms. The van der Waals surface area contributed by atoms with Crippen LogP contribution in [-0.4, -0.2) is 4.75 Å². The highest BCUT2D eigenvalue weighted by molar-refractivity contribution is 7.81. The van der Waals surface area contributed by atoms with Gasteiger partial charge in [0.2, 0.25) is 0 Å². The highest BCUT2D eigenvalue weighted by Gasteiger charge is 2.61. The molecule has 0 N–H and O–H groups in total. The zero-order valence-corrected chi connectivity index (χ0v) is 21.2. The molecule has 3 saturated carbocycles. The summed E-state index contributed by atoms with van der Waals surface area (Å²) in [6.45, 7) is 15.1. The summed E-state index contributed by atoms with van der Waals surface area (Å²) in [4.78, 5) is 0. The maximum Gasteiger partial charge on any atom is 0.00731 e. The molecule has 0 heterocycles. The fraction of sp³-hybridized carbons (Fsp3) is 0.929. The molecule has 4 aliphatic carbocycles. The van der Waals surface area contributed by atoms with Gasteiger partial charge in [0.25, 0.3) is 0 Å². The van der Waals surface area contributed by atoms with Crippen molar-refractivity contribution in [2.75, 3.05) is 0 Å². The minimum absolute atomic E-state index is 0.195. The van der Waals surface area contributed by atoms with Gasteiger partial charge >= 0.3 is 0 Å². The SMILES string of the molecule is CC1CCC2(C)C(=CCC3[C@@H]2CCC2(C)[C@H]3CC[C@]2(C)CCCCC(C)(C)S)C1. The Labute approximate surface area is 187 Å². The molecule has 3 fully saturated rings. The topological polar surface area (TPSA) is 0 Å². The fourth-order valence-electron chi connectivity index (χ4n) is 8.69. The molecule has 0 aromatic heterocycles. The highest BCUT2D eigenvalue weighted by atomic mass is 32.1. The molecule has 4 aliphatic rings. The Morgan fingerprint density at radius 2 is 1.72 bits per heavy atom. The summed E-state index contributed by atoms with van der Waals surface area (Å²) in [7, 11) is 0. The second kappa shape index (κ2) is 7.60. The van der Waals surface area contributed by atoms with Crippen molar-refractivity contribution in [1.82, 2.24) is 0 Å². The summed E-state index contributed by atoms with van der Waals surface area (Å²) in [6.07, 6.45) is 19.9. The Kier molecular flexibility index (Phi) is 5.84. The average molecular weight is 417 g/mol. The molecule has 0 nitrogen and oxygen atoms in total. The van der Waals surface area contributed by atoms with E-state index in [1.54, 1.807) is 0 Å². The maximum absolute atomic E-state index is 4.75. The van der Waals surface area contributed by atoms with Crippen LogP contribution in [0.25, 0.3) is 0 Å². The molecule has 0 bridgehead atoms. The normalized spacial score (nSPS) is 47.2. The lowest BCUT2D eigenvalue weighted by Gasteiger charge is -2.59. The van der Waals surface area contributed by atoms with Gasteiger partial charge in [-0.2, -0.15) is 12.6 Å². The van der Waals surface area contributed by atoms with E-state index in [2.05, 4.69) is 47.6 Å². The third-order valence-corrected chi connectivity index (χ3v) is 11.1. The minimum atomic E-state index is 0.195. The van der Waals surface area contributed by atoms with Gasteiger partial charge in [-0.15, -0.1) is 0 Å². The number of hydrogen-bond donors (Lipinski definition) is 1. The molecule has 0 saturated heterocycles. The van der Waals surface area contributed by atoms with E-state index in [9.17, 15) is 0 Å². The molecule has 0 aromatic rings. The Morgan fingerprint density at radius 3 is 2.45 bits per heavy atom. The molecule has 4 unspecified atom stereocenters. The molecule has 7 atom stereocenters. The van der Waals surface area contributed by atoms with Crippen molar-refractivity contribution < 1.29 is 0 Å². The van der Waals surface area contributed by atoms with E-state index in [0.29, 0.717) is 16.2 Å². The third kappa shape index (κ3) is 3.78. The molecule has 0 spiro atoms. The van der Waals surface area contributed by atoms with Crippen LogP contribution in [-0.2, 0) is 0 Å². The van der Waals surface area contributed by atoms with Crippen LogP contribution in [0.1, 0.15) is 119 Å². The second-order valence-electron chi connectivity index (χ2n) is 13.2. The van der Waals surface area contributed by atoms with Crippen LogP contribution in [0, 0.1) is 39.9 Å². The van der Waals surface area contributed by atoms with Gasteiger partial charge in [-0.3, -0.25) is 0 Å². The minimum Gasteiger partial charge on any atom is -0.173 e. The van der Waals surface area contributed by atoms with Crippen LogP contribution in [0.2, 0.25) is 0 Å². The van der Waals surface area contributed by atoms with Crippen molar-refractivity contribution in [3.63, 3.8) is 0 Å². The second-order valence-corrected chi connectivity index (χ2v) is 14.4. The molecule has 0 aliphatic heterocycles. The zero-order chi connectivity index (χ0) is 21.1. The lowest BCUT2D eigenvalue weighted by molar-refractivity contribution is -0.0717. The summed E-state index contributed by atoms with van der Waals surface area (Å²) >= 11 is 4.75. The maximum atomic E-state index is 4.75. The molecule has 0 radical (unpaired) electrons. The van der Waals surface area contributed by atoms with Crippen molar-refractivity contribution in [3.05, 3.63) is 11.6 Å². The highest BCUT2D eigenvalue weighted by Crippen LogP contribution is 2.70. The zero-order valence-electron chi connectivity index (χ0n) is 20.3. The van der Waals surface area contributed by atoms with Gasteiger partial charge in [0.05, 0.1) is 0 Å². The quantitative estimate of drug-likeness (QED) is 0.258. The van der Waals surface area contributed by atoms with Crippen molar-refractivity contribution in [2.45, 2.75) is 123 Å². The molecular formula is C28H48S. The van der Waals surface area contributed by atoms with E-state index < -0.39 is 0 Å². The predicted molar refractivity (Wildman–Crippen MR) is 131 cm³/mol. The Hall–Kier alpha value is 0.0900. The Balaban J connectivity index is 1.48. The monoisotopic (exact) mass is 416 g/mol. The molecular weight excluding hydrogens is 368 g/mol. The van der Waals surface area contributed by atoms with E-state index >= 15 is 0 Å². The van der Waals surface area contributed by atoms with Crippen molar-refractivity contribution >= 4 is 12.6 Å².